The van der Waals surface area contributed by atoms with Crippen molar-refractivity contribution in [3.63, 3.8) is 0 Å². The van der Waals surface area contributed by atoms with Gasteiger partial charge in [-0.15, -0.1) is 0 Å². The summed E-state index contributed by atoms with van der Waals surface area (Å²) in [6.45, 7) is 0.746. The van der Waals surface area contributed by atoms with Crippen LogP contribution in [0.15, 0.2) is 24.5 Å². The number of aromatic amines is 1. The largest absolute Gasteiger partial charge is 0.351 e. The molecule has 2 aromatic rings. The molecule has 8 nitrogen and oxygen atoms in total. The summed E-state index contributed by atoms with van der Waals surface area (Å²) in [6, 6.07) is 3.25. The van der Waals surface area contributed by atoms with E-state index in [9.17, 15) is 9.59 Å². The van der Waals surface area contributed by atoms with Gasteiger partial charge in [0.05, 0.1) is 18.8 Å². The second-order valence-corrected chi connectivity index (χ2v) is 6.43. The maximum absolute atomic E-state index is 12.7. The zero-order chi connectivity index (χ0) is 16.5. The van der Waals surface area contributed by atoms with Crippen molar-refractivity contribution in [2.24, 2.45) is 0 Å². The first kappa shape index (κ1) is 14.9. The molecule has 2 aliphatic rings. The van der Waals surface area contributed by atoms with Gasteiger partial charge in [0.2, 0.25) is 5.91 Å². The molecule has 1 saturated carbocycles. The van der Waals surface area contributed by atoms with E-state index >= 15 is 0 Å². The van der Waals surface area contributed by atoms with Gasteiger partial charge in [-0.3, -0.25) is 19.4 Å². The molecule has 4 rings (SSSR count). The minimum Gasteiger partial charge on any atom is -0.351 e. The highest BCUT2D eigenvalue weighted by Crippen LogP contribution is 2.24. The third-order valence-corrected chi connectivity index (χ3v) is 4.82. The van der Waals surface area contributed by atoms with E-state index in [4.69, 9.17) is 0 Å². The molecule has 126 valence electrons. The number of rotatable bonds is 3. The SMILES string of the molecule is O=C(NC1CCCC1)C1CN(C(=O)c2ccn[nH]2)Cc2ccnn21. The summed E-state index contributed by atoms with van der Waals surface area (Å²) < 4.78 is 1.74. The van der Waals surface area contributed by atoms with Gasteiger partial charge in [0, 0.05) is 18.4 Å². The van der Waals surface area contributed by atoms with Crippen molar-refractivity contribution in [2.45, 2.75) is 44.3 Å². The number of carbonyl (C=O) groups is 2. The molecule has 1 unspecified atom stereocenters. The lowest BCUT2D eigenvalue weighted by Crippen LogP contribution is -2.48. The van der Waals surface area contributed by atoms with Crippen LogP contribution in [0.5, 0.6) is 0 Å². The van der Waals surface area contributed by atoms with E-state index < -0.39 is 6.04 Å². The first-order valence-electron chi connectivity index (χ1n) is 8.34. The lowest BCUT2D eigenvalue weighted by molar-refractivity contribution is -0.126. The number of carbonyl (C=O) groups excluding carboxylic acids is 2. The van der Waals surface area contributed by atoms with Crippen LogP contribution in [0.1, 0.15) is 47.9 Å². The van der Waals surface area contributed by atoms with Crippen LogP contribution in [0.25, 0.3) is 0 Å². The van der Waals surface area contributed by atoms with E-state index in [1.165, 1.54) is 0 Å². The molecule has 0 bridgehead atoms. The summed E-state index contributed by atoms with van der Waals surface area (Å²) in [5.74, 6) is -0.215. The number of aromatic nitrogens is 4. The second-order valence-electron chi connectivity index (χ2n) is 6.43. The molecule has 24 heavy (non-hydrogen) atoms. The van der Waals surface area contributed by atoms with Crippen molar-refractivity contribution < 1.29 is 9.59 Å². The molecule has 0 aromatic carbocycles. The summed E-state index contributed by atoms with van der Waals surface area (Å²) in [4.78, 5) is 27.0. The van der Waals surface area contributed by atoms with Crippen LogP contribution in [0.3, 0.4) is 0 Å². The molecule has 1 fully saturated rings. The highest BCUT2D eigenvalue weighted by atomic mass is 16.2. The standard InChI is InChI=1S/C16H20N6O2/c23-15(19-11-3-1-2-4-11)14-10-21(9-12-5-8-18-22(12)14)16(24)13-6-7-17-20-13/h5-8,11,14H,1-4,9-10H2,(H,17,20)(H,19,23). The van der Waals surface area contributed by atoms with E-state index in [-0.39, 0.29) is 17.9 Å². The Morgan fingerprint density at radius 1 is 1.21 bits per heavy atom. The highest BCUT2D eigenvalue weighted by Gasteiger charge is 2.34. The summed E-state index contributed by atoms with van der Waals surface area (Å²) >= 11 is 0. The fourth-order valence-electron chi connectivity index (χ4n) is 3.56. The van der Waals surface area contributed by atoms with Crippen LogP contribution in [0, 0.1) is 0 Å². The Morgan fingerprint density at radius 3 is 2.79 bits per heavy atom. The molecule has 0 spiro atoms. The third kappa shape index (κ3) is 2.68. The first-order chi connectivity index (χ1) is 11.7. The summed E-state index contributed by atoms with van der Waals surface area (Å²) in [5, 5.41) is 13.9. The monoisotopic (exact) mass is 328 g/mol. The molecule has 2 amide bonds. The van der Waals surface area contributed by atoms with Gasteiger partial charge in [-0.2, -0.15) is 10.2 Å². The number of amides is 2. The molecular weight excluding hydrogens is 308 g/mol. The van der Waals surface area contributed by atoms with Crippen molar-refractivity contribution in [2.75, 3.05) is 6.54 Å². The van der Waals surface area contributed by atoms with Crippen LogP contribution >= 0.6 is 0 Å². The van der Waals surface area contributed by atoms with Gasteiger partial charge < -0.3 is 10.2 Å². The Bertz CT molecular complexity index is 732. The molecule has 1 aliphatic heterocycles. The third-order valence-electron chi connectivity index (χ3n) is 4.82. The van der Waals surface area contributed by atoms with Crippen molar-refractivity contribution in [1.29, 1.82) is 0 Å². The second kappa shape index (κ2) is 6.10. The van der Waals surface area contributed by atoms with Gasteiger partial charge in [0.25, 0.3) is 5.91 Å². The average molecular weight is 328 g/mol. The van der Waals surface area contributed by atoms with Gasteiger partial charge >= 0.3 is 0 Å². The highest BCUT2D eigenvalue weighted by molar-refractivity contribution is 5.93. The molecule has 2 N–H and O–H groups in total. The van der Waals surface area contributed by atoms with Crippen LogP contribution < -0.4 is 5.32 Å². The maximum Gasteiger partial charge on any atom is 0.272 e. The van der Waals surface area contributed by atoms with Crippen LogP contribution in [0.2, 0.25) is 0 Å². The molecule has 0 radical (unpaired) electrons. The topological polar surface area (TPSA) is 95.9 Å². The average Bonchev–Trinajstić information content (AvgIpc) is 3.33. The number of hydrogen-bond acceptors (Lipinski definition) is 4. The van der Waals surface area contributed by atoms with Crippen LogP contribution in [-0.2, 0) is 11.3 Å². The van der Waals surface area contributed by atoms with E-state index in [2.05, 4.69) is 20.6 Å². The first-order valence-corrected chi connectivity index (χ1v) is 8.34. The Hall–Kier alpha value is -2.64. The molecular formula is C16H20N6O2. The maximum atomic E-state index is 12.7. The Balaban J connectivity index is 1.54. The Kier molecular flexibility index (Phi) is 3.79. The Morgan fingerprint density at radius 2 is 2.04 bits per heavy atom. The molecule has 1 atom stereocenters. The smallest absolute Gasteiger partial charge is 0.272 e. The number of nitrogens with one attached hydrogen (secondary N) is 2. The molecule has 0 saturated heterocycles. The van der Waals surface area contributed by atoms with Crippen LogP contribution in [0.4, 0.5) is 0 Å². The van der Waals surface area contributed by atoms with E-state index in [1.807, 2.05) is 6.07 Å². The van der Waals surface area contributed by atoms with Crippen molar-refractivity contribution in [1.82, 2.24) is 30.2 Å². The molecule has 2 aromatic heterocycles. The summed E-state index contributed by atoms with van der Waals surface area (Å²) in [5.41, 5.74) is 1.29. The normalized spacial score (nSPS) is 20.8. The van der Waals surface area contributed by atoms with Gasteiger partial charge in [0.1, 0.15) is 11.7 Å². The van der Waals surface area contributed by atoms with Crippen molar-refractivity contribution >= 4 is 11.8 Å². The predicted octanol–water partition coefficient (Wildman–Crippen LogP) is 0.862. The summed E-state index contributed by atoms with van der Waals surface area (Å²) in [6.07, 6.45) is 7.60. The van der Waals surface area contributed by atoms with Crippen molar-refractivity contribution in [3.8, 4) is 0 Å². The quantitative estimate of drug-likeness (QED) is 0.873. The molecule has 3 heterocycles. The predicted molar refractivity (Wildman–Crippen MR) is 85.0 cm³/mol. The van der Waals surface area contributed by atoms with E-state index in [0.717, 1.165) is 31.4 Å². The molecule has 1 aliphatic carbocycles. The number of fused-ring (bicyclic) bond motifs is 1. The lowest BCUT2D eigenvalue weighted by atomic mass is 10.1. The number of nitrogens with zero attached hydrogens (tertiary/aromatic N) is 4. The zero-order valence-electron chi connectivity index (χ0n) is 13.3. The van der Waals surface area contributed by atoms with E-state index in [1.54, 1.807) is 28.0 Å². The zero-order valence-corrected chi connectivity index (χ0v) is 13.3. The number of hydrogen-bond donors (Lipinski definition) is 2. The minimum absolute atomic E-state index is 0.0611. The number of H-pyrrole nitrogens is 1. The van der Waals surface area contributed by atoms with Crippen molar-refractivity contribution in [3.05, 3.63) is 35.9 Å². The van der Waals surface area contributed by atoms with E-state index in [0.29, 0.717) is 18.8 Å². The van der Waals surface area contributed by atoms with Gasteiger partial charge in [-0.1, -0.05) is 12.8 Å². The van der Waals surface area contributed by atoms with Gasteiger partial charge in [-0.05, 0) is 25.0 Å². The Labute approximate surface area is 139 Å². The fraction of sp³-hybridized carbons (Fsp3) is 0.500. The fourth-order valence-corrected chi connectivity index (χ4v) is 3.56. The summed E-state index contributed by atoms with van der Waals surface area (Å²) in [7, 11) is 0. The minimum atomic E-state index is -0.490. The van der Waals surface area contributed by atoms with Crippen LogP contribution in [-0.4, -0.2) is 49.3 Å². The lowest BCUT2D eigenvalue weighted by Gasteiger charge is -2.33. The molecule has 8 heteroatoms. The van der Waals surface area contributed by atoms with Gasteiger partial charge in [-0.25, -0.2) is 0 Å². The van der Waals surface area contributed by atoms with Gasteiger partial charge in [0.15, 0.2) is 0 Å².